The van der Waals surface area contributed by atoms with Crippen LogP contribution in [0.1, 0.15) is 87.5 Å². The monoisotopic (exact) mass is 556 g/mol. The molecule has 0 aliphatic carbocycles. The van der Waals surface area contributed by atoms with Crippen LogP contribution in [0.4, 0.5) is 0 Å². The van der Waals surface area contributed by atoms with Crippen LogP contribution in [-0.2, 0) is 32.0 Å². The summed E-state index contributed by atoms with van der Waals surface area (Å²) < 4.78 is 4.91. The maximum atomic E-state index is 12.3. The number of carbonyl (C=O) groups excluding carboxylic acids is 3. The van der Waals surface area contributed by atoms with E-state index >= 15 is 0 Å². The first-order valence-corrected chi connectivity index (χ1v) is 14.3. The first-order valence-electron chi connectivity index (χ1n) is 14.3. The highest BCUT2D eigenvalue weighted by molar-refractivity contribution is 6.30. The Hall–Kier alpha value is -4.20. The molecule has 2 aliphatic rings. The number of ether oxygens (including phenoxy) is 1. The summed E-state index contributed by atoms with van der Waals surface area (Å²) in [5.74, 6) is -0.515. The minimum Gasteiger partial charge on any atom is -0.469 e. The van der Waals surface area contributed by atoms with Gasteiger partial charge >= 0.3 is 5.97 Å². The normalized spacial score (nSPS) is 17.5. The van der Waals surface area contributed by atoms with Crippen LogP contribution in [-0.4, -0.2) is 40.6 Å². The van der Waals surface area contributed by atoms with Crippen molar-refractivity contribution in [2.45, 2.75) is 80.6 Å². The number of nitrogens with zero attached hydrogens (tertiary/aromatic N) is 1. The molecule has 8 heteroatoms. The molecular formula is C33H40N4O4. The molecule has 0 spiro atoms. The Balaban J connectivity index is 1.87. The van der Waals surface area contributed by atoms with E-state index in [0.29, 0.717) is 17.7 Å². The molecule has 4 heterocycles. The predicted molar refractivity (Wildman–Crippen MR) is 163 cm³/mol. The van der Waals surface area contributed by atoms with Crippen LogP contribution >= 0.6 is 0 Å². The van der Waals surface area contributed by atoms with Gasteiger partial charge < -0.3 is 20.0 Å². The Morgan fingerprint density at radius 3 is 2.15 bits per heavy atom. The van der Waals surface area contributed by atoms with Gasteiger partial charge in [0.2, 0.25) is 0 Å². The molecule has 2 aromatic rings. The molecule has 0 saturated carbocycles. The van der Waals surface area contributed by atoms with Crippen molar-refractivity contribution in [3.05, 3.63) is 72.3 Å². The van der Waals surface area contributed by atoms with Gasteiger partial charge in [-0.05, 0) is 105 Å². The lowest BCUT2D eigenvalue weighted by Crippen LogP contribution is -2.15. The number of nitrogens with one attached hydrogen (secondary N) is 3. The smallest absolute Gasteiger partial charge is 0.305 e. The largest absolute Gasteiger partial charge is 0.469 e. The molecule has 3 N–H and O–H groups in total. The number of aromatic amines is 2. The van der Waals surface area contributed by atoms with Gasteiger partial charge in [-0.25, -0.2) is 4.99 Å². The Bertz CT molecular complexity index is 1690. The lowest BCUT2D eigenvalue weighted by atomic mass is 10.0. The summed E-state index contributed by atoms with van der Waals surface area (Å²) in [6.45, 7) is 14.0. The SMILES string of the molecule is CCC1=C(C)C(=O)N=C1/C=c1/[nH]/c(=C\c2[nH]c(/C=C3\NC(=O)C(C)=C3CC)c(C)c2CC)c(CCC(=O)OC)c1C. The van der Waals surface area contributed by atoms with Crippen molar-refractivity contribution < 1.29 is 19.1 Å². The molecule has 0 aromatic carbocycles. The topological polar surface area (TPSA) is 116 Å². The lowest BCUT2D eigenvalue weighted by Gasteiger charge is -2.03. The minimum absolute atomic E-state index is 0.0504. The first kappa shape index (κ1) is 29.8. The molecule has 0 unspecified atom stereocenters. The summed E-state index contributed by atoms with van der Waals surface area (Å²) in [4.78, 5) is 48.1. The Morgan fingerprint density at radius 2 is 1.51 bits per heavy atom. The van der Waals surface area contributed by atoms with Gasteiger partial charge in [-0.15, -0.1) is 0 Å². The zero-order chi connectivity index (χ0) is 30.0. The van der Waals surface area contributed by atoms with Crippen molar-refractivity contribution in [2.24, 2.45) is 4.99 Å². The number of aromatic nitrogens is 2. The molecule has 216 valence electrons. The van der Waals surface area contributed by atoms with E-state index < -0.39 is 0 Å². The lowest BCUT2D eigenvalue weighted by molar-refractivity contribution is -0.140. The summed E-state index contributed by atoms with van der Waals surface area (Å²) in [6, 6.07) is 0. The van der Waals surface area contributed by atoms with E-state index in [0.717, 1.165) is 80.5 Å². The number of aliphatic imine (C=N–C) groups is 1. The van der Waals surface area contributed by atoms with Gasteiger partial charge in [0.1, 0.15) is 0 Å². The van der Waals surface area contributed by atoms with Crippen molar-refractivity contribution in [3.63, 3.8) is 0 Å². The van der Waals surface area contributed by atoms with Crippen molar-refractivity contribution in [3.8, 4) is 0 Å². The van der Waals surface area contributed by atoms with Crippen LogP contribution in [0.5, 0.6) is 0 Å². The Labute approximate surface area is 241 Å². The van der Waals surface area contributed by atoms with E-state index in [9.17, 15) is 14.4 Å². The summed E-state index contributed by atoms with van der Waals surface area (Å²) in [6.07, 6.45) is 9.10. The molecule has 0 saturated heterocycles. The fraction of sp³-hybridized carbons (Fsp3) is 0.394. The standard InChI is InChI=1S/C33H40N4O4/c1-9-21-17(4)25(14-28-22(10-2)19(6)32(39)36-28)34-27(21)16-30-24(12-13-31(38)41-8)18(5)26(35-30)15-29-23(11-3)20(7)33(40)37-29/h14-16,34-35H,9-13H2,1-8H3,(H,36,39)/b26-15+,28-14-,30-16-. The third-order valence-electron chi connectivity index (χ3n) is 8.30. The number of H-pyrrole nitrogens is 2. The molecule has 2 amide bonds. The van der Waals surface area contributed by atoms with Crippen molar-refractivity contribution in [1.82, 2.24) is 15.3 Å². The van der Waals surface area contributed by atoms with Gasteiger partial charge in [0.15, 0.2) is 0 Å². The van der Waals surface area contributed by atoms with Crippen LogP contribution < -0.4 is 16.0 Å². The van der Waals surface area contributed by atoms with E-state index in [1.165, 1.54) is 12.7 Å². The molecule has 41 heavy (non-hydrogen) atoms. The molecule has 0 fully saturated rings. The van der Waals surface area contributed by atoms with Crippen LogP contribution in [0, 0.1) is 13.8 Å². The van der Waals surface area contributed by atoms with Crippen molar-refractivity contribution >= 4 is 41.7 Å². The third-order valence-corrected chi connectivity index (χ3v) is 8.30. The van der Waals surface area contributed by atoms with Gasteiger partial charge in [0, 0.05) is 45.4 Å². The number of carbonyl (C=O) groups is 3. The number of hydrogen-bond donors (Lipinski definition) is 3. The maximum Gasteiger partial charge on any atom is 0.305 e. The second-order valence-corrected chi connectivity index (χ2v) is 10.6. The highest BCUT2D eigenvalue weighted by Gasteiger charge is 2.24. The minimum atomic E-state index is -0.271. The van der Waals surface area contributed by atoms with E-state index in [1.807, 2.05) is 39.8 Å². The molecule has 8 nitrogen and oxygen atoms in total. The second kappa shape index (κ2) is 12.1. The van der Waals surface area contributed by atoms with E-state index in [1.54, 1.807) is 0 Å². The fourth-order valence-corrected chi connectivity index (χ4v) is 5.78. The number of hydrogen-bond acceptors (Lipinski definition) is 4. The molecule has 0 bridgehead atoms. The number of rotatable bonds is 9. The Kier molecular flexibility index (Phi) is 8.80. The fourth-order valence-electron chi connectivity index (χ4n) is 5.78. The highest BCUT2D eigenvalue weighted by Crippen LogP contribution is 2.28. The van der Waals surface area contributed by atoms with E-state index in [2.05, 4.69) is 47.1 Å². The molecule has 2 aliphatic heterocycles. The third kappa shape index (κ3) is 5.69. The second-order valence-electron chi connectivity index (χ2n) is 10.6. The summed E-state index contributed by atoms with van der Waals surface area (Å²) >= 11 is 0. The molecular weight excluding hydrogens is 516 g/mol. The van der Waals surface area contributed by atoms with Crippen molar-refractivity contribution in [2.75, 3.05) is 7.11 Å². The van der Waals surface area contributed by atoms with Gasteiger partial charge in [0.25, 0.3) is 11.8 Å². The molecule has 0 atom stereocenters. The average molecular weight is 557 g/mol. The van der Waals surface area contributed by atoms with Crippen molar-refractivity contribution in [1.29, 1.82) is 0 Å². The quantitative estimate of drug-likeness (QED) is 0.403. The number of allylic oxidation sites excluding steroid dienone is 2. The van der Waals surface area contributed by atoms with Crippen LogP contribution in [0.15, 0.2) is 33.0 Å². The highest BCUT2D eigenvalue weighted by atomic mass is 16.5. The predicted octanol–water partition coefficient (Wildman–Crippen LogP) is 4.14. The van der Waals surface area contributed by atoms with Crippen LogP contribution in [0.25, 0.3) is 18.2 Å². The zero-order valence-corrected chi connectivity index (χ0v) is 25.3. The molecule has 0 radical (unpaired) electrons. The van der Waals surface area contributed by atoms with Crippen LogP contribution in [0.2, 0.25) is 0 Å². The maximum absolute atomic E-state index is 12.3. The number of methoxy groups -OCH3 is 1. The van der Waals surface area contributed by atoms with E-state index in [4.69, 9.17) is 4.74 Å². The Morgan fingerprint density at radius 1 is 0.805 bits per heavy atom. The summed E-state index contributed by atoms with van der Waals surface area (Å²) in [7, 11) is 1.40. The number of amides is 2. The van der Waals surface area contributed by atoms with Gasteiger partial charge in [-0.1, -0.05) is 20.8 Å². The zero-order valence-electron chi connectivity index (χ0n) is 25.3. The summed E-state index contributed by atoms with van der Waals surface area (Å²) in [5, 5.41) is 4.74. The van der Waals surface area contributed by atoms with Gasteiger partial charge in [-0.2, -0.15) is 0 Å². The van der Waals surface area contributed by atoms with Gasteiger partial charge in [0.05, 0.1) is 12.8 Å². The molecule has 4 rings (SSSR count). The van der Waals surface area contributed by atoms with Crippen LogP contribution in [0.3, 0.4) is 0 Å². The number of esters is 1. The summed E-state index contributed by atoms with van der Waals surface area (Å²) in [5.41, 5.74) is 11.2. The average Bonchev–Trinajstić information content (AvgIpc) is 3.59. The first-order chi connectivity index (χ1) is 19.5. The molecule has 2 aromatic heterocycles. The van der Waals surface area contributed by atoms with Gasteiger partial charge in [-0.3, -0.25) is 14.4 Å². The van der Waals surface area contributed by atoms with E-state index in [-0.39, 0.29) is 24.2 Å².